The van der Waals surface area contributed by atoms with Gasteiger partial charge in [0.15, 0.2) is 0 Å². The van der Waals surface area contributed by atoms with Crippen LogP contribution in [0, 0.1) is 11.7 Å². The third-order valence-electron chi connectivity index (χ3n) is 3.79. The predicted octanol–water partition coefficient (Wildman–Crippen LogP) is 2.69. The SMILES string of the molecule is COc1cc(F)cc(C2CC(C(=O)O)CN2)c1C(C)C. The Morgan fingerprint density at radius 2 is 2.20 bits per heavy atom. The highest BCUT2D eigenvalue weighted by Gasteiger charge is 2.32. The van der Waals surface area contributed by atoms with E-state index >= 15 is 0 Å². The number of methoxy groups -OCH3 is 1. The lowest BCUT2D eigenvalue weighted by Crippen LogP contribution is -2.18. The van der Waals surface area contributed by atoms with Crippen molar-refractivity contribution in [1.82, 2.24) is 5.32 Å². The summed E-state index contributed by atoms with van der Waals surface area (Å²) in [6.07, 6.45) is 0.474. The minimum absolute atomic E-state index is 0.141. The molecule has 0 saturated carbocycles. The van der Waals surface area contributed by atoms with Crippen LogP contribution >= 0.6 is 0 Å². The molecule has 0 radical (unpaired) electrons. The Kier molecular flexibility index (Phi) is 4.28. The Morgan fingerprint density at radius 3 is 2.70 bits per heavy atom. The van der Waals surface area contributed by atoms with Gasteiger partial charge in [-0.3, -0.25) is 4.79 Å². The first-order valence-corrected chi connectivity index (χ1v) is 6.77. The Hall–Kier alpha value is -1.62. The highest BCUT2D eigenvalue weighted by Crippen LogP contribution is 2.38. The molecule has 20 heavy (non-hydrogen) atoms. The van der Waals surface area contributed by atoms with E-state index in [9.17, 15) is 9.18 Å². The minimum atomic E-state index is -0.811. The zero-order chi connectivity index (χ0) is 14.9. The van der Waals surface area contributed by atoms with E-state index in [-0.39, 0.29) is 17.8 Å². The van der Waals surface area contributed by atoms with Crippen molar-refractivity contribution in [3.8, 4) is 5.75 Å². The van der Waals surface area contributed by atoms with E-state index in [0.29, 0.717) is 18.7 Å². The molecule has 1 aliphatic rings. The van der Waals surface area contributed by atoms with Crippen LogP contribution in [0.3, 0.4) is 0 Å². The molecule has 1 saturated heterocycles. The van der Waals surface area contributed by atoms with Crippen molar-refractivity contribution in [2.24, 2.45) is 5.92 Å². The highest BCUT2D eigenvalue weighted by molar-refractivity contribution is 5.71. The van der Waals surface area contributed by atoms with Crippen LogP contribution in [0.15, 0.2) is 12.1 Å². The Balaban J connectivity index is 2.40. The van der Waals surface area contributed by atoms with Gasteiger partial charge in [-0.2, -0.15) is 0 Å². The quantitative estimate of drug-likeness (QED) is 0.891. The lowest BCUT2D eigenvalue weighted by Gasteiger charge is -2.21. The van der Waals surface area contributed by atoms with Gasteiger partial charge in [-0.15, -0.1) is 0 Å². The maximum atomic E-state index is 13.7. The number of rotatable bonds is 4. The van der Waals surface area contributed by atoms with E-state index in [1.165, 1.54) is 19.2 Å². The van der Waals surface area contributed by atoms with Gasteiger partial charge in [0, 0.05) is 24.2 Å². The van der Waals surface area contributed by atoms with E-state index in [1.807, 2.05) is 13.8 Å². The Bertz CT molecular complexity index is 516. The maximum absolute atomic E-state index is 13.7. The molecule has 0 aliphatic carbocycles. The smallest absolute Gasteiger partial charge is 0.307 e. The molecule has 0 spiro atoms. The summed E-state index contributed by atoms with van der Waals surface area (Å²) in [5.41, 5.74) is 1.75. The topological polar surface area (TPSA) is 58.6 Å². The Morgan fingerprint density at radius 1 is 1.50 bits per heavy atom. The average molecular weight is 281 g/mol. The summed E-state index contributed by atoms with van der Waals surface area (Å²) in [6.45, 7) is 4.45. The van der Waals surface area contributed by atoms with E-state index < -0.39 is 11.9 Å². The van der Waals surface area contributed by atoms with Crippen LogP contribution in [0.25, 0.3) is 0 Å². The molecule has 0 amide bonds. The normalized spacial score (nSPS) is 22.2. The van der Waals surface area contributed by atoms with Gasteiger partial charge in [0.25, 0.3) is 0 Å². The fourth-order valence-electron chi connectivity index (χ4n) is 2.85. The van der Waals surface area contributed by atoms with Crippen LogP contribution in [0.2, 0.25) is 0 Å². The van der Waals surface area contributed by atoms with Crippen LogP contribution in [0.5, 0.6) is 5.75 Å². The largest absolute Gasteiger partial charge is 0.496 e. The van der Waals surface area contributed by atoms with Crippen molar-refractivity contribution in [2.45, 2.75) is 32.2 Å². The second-order valence-electron chi connectivity index (χ2n) is 5.50. The molecule has 1 aromatic rings. The summed E-state index contributed by atoms with van der Waals surface area (Å²) in [4.78, 5) is 11.0. The summed E-state index contributed by atoms with van der Waals surface area (Å²) in [6, 6.07) is 2.72. The first kappa shape index (κ1) is 14.8. The number of carboxylic acids is 1. The zero-order valence-corrected chi connectivity index (χ0v) is 11.9. The molecule has 1 fully saturated rings. The molecule has 0 aromatic heterocycles. The molecular formula is C15H20FNO3. The van der Waals surface area contributed by atoms with E-state index in [0.717, 1.165) is 11.1 Å². The number of ether oxygens (including phenoxy) is 1. The predicted molar refractivity (Wildman–Crippen MR) is 73.5 cm³/mol. The second kappa shape index (κ2) is 5.79. The number of halogens is 1. The van der Waals surface area contributed by atoms with Gasteiger partial charge in [0.1, 0.15) is 11.6 Å². The van der Waals surface area contributed by atoms with Crippen LogP contribution in [0.4, 0.5) is 4.39 Å². The summed E-state index contributed by atoms with van der Waals surface area (Å²) >= 11 is 0. The number of hydrogen-bond donors (Lipinski definition) is 2. The standard InChI is InChI=1S/C15H20FNO3/c1-8(2)14-11(5-10(16)6-13(14)20-3)12-4-9(7-17-12)15(18)19/h5-6,8-9,12,17H,4,7H2,1-3H3,(H,18,19). The third-order valence-corrected chi connectivity index (χ3v) is 3.79. The summed E-state index contributed by atoms with van der Waals surface area (Å²) < 4.78 is 19.0. The molecule has 1 aromatic carbocycles. The number of carbonyl (C=O) groups is 1. The first-order valence-electron chi connectivity index (χ1n) is 6.77. The fourth-order valence-corrected chi connectivity index (χ4v) is 2.85. The van der Waals surface area contributed by atoms with Crippen molar-refractivity contribution in [3.63, 3.8) is 0 Å². The van der Waals surface area contributed by atoms with Gasteiger partial charge in [-0.05, 0) is 24.0 Å². The highest BCUT2D eigenvalue weighted by atomic mass is 19.1. The van der Waals surface area contributed by atoms with Crippen LogP contribution in [-0.4, -0.2) is 24.7 Å². The summed E-state index contributed by atoms with van der Waals surface area (Å²) in [5.74, 6) is -0.896. The van der Waals surface area contributed by atoms with Crippen molar-refractivity contribution in [2.75, 3.05) is 13.7 Å². The van der Waals surface area contributed by atoms with E-state index in [2.05, 4.69) is 5.32 Å². The van der Waals surface area contributed by atoms with Gasteiger partial charge in [0.2, 0.25) is 0 Å². The second-order valence-corrected chi connectivity index (χ2v) is 5.50. The number of nitrogens with one attached hydrogen (secondary N) is 1. The van der Waals surface area contributed by atoms with Gasteiger partial charge >= 0.3 is 5.97 Å². The van der Waals surface area contributed by atoms with E-state index in [4.69, 9.17) is 9.84 Å². The van der Waals surface area contributed by atoms with Gasteiger partial charge in [0.05, 0.1) is 13.0 Å². The number of benzene rings is 1. The van der Waals surface area contributed by atoms with Crippen LogP contribution in [0.1, 0.15) is 43.4 Å². The summed E-state index contributed by atoms with van der Waals surface area (Å²) in [5, 5.41) is 12.2. The first-order chi connectivity index (χ1) is 9.43. The lowest BCUT2D eigenvalue weighted by atomic mass is 9.89. The maximum Gasteiger partial charge on any atom is 0.307 e. The van der Waals surface area contributed by atoms with Gasteiger partial charge < -0.3 is 15.2 Å². The van der Waals surface area contributed by atoms with Gasteiger partial charge in [-0.1, -0.05) is 13.8 Å². The molecule has 1 heterocycles. The van der Waals surface area contributed by atoms with E-state index in [1.54, 1.807) is 0 Å². The fraction of sp³-hybridized carbons (Fsp3) is 0.533. The molecule has 2 rings (SSSR count). The Labute approximate surface area is 117 Å². The van der Waals surface area contributed by atoms with Crippen LogP contribution < -0.4 is 10.1 Å². The van der Waals surface area contributed by atoms with Crippen molar-refractivity contribution in [1.29, 1.82) is 0 Å². The molecule has 1 aliphatic heterocycles. The molecule has 0 bridgehead atoms. The zero-order valence-electron chi connectivity index (χ0n) is 11.9. The molecule has 110 valence electrons. The van der Waals surface area contributed by atoms with Crippen molar-refractivity contribution >= 4 is 5.97 Å². The molecule has 2 N–H and O–H groups in total. The lowest BCUT2D eigenvalue weighted by molar-refractivity contribution is -0.141. The van der Waals surface area contributed by atoms with Crippen molar-refractivity contribution in [3.05, 3.63) is 29.1 Å². The number of carboxylic acid groups (broad SMARTS) is 1. The number of hydrogen-bond acceptors (Lipinski definition) is 3. The molecule has 2 atom stereocenters. The molecule has 4 nitrogen and oxygen atoms in total. The number of aliphatic carboxylic acids is 1. The van der Waals surface area contributed by atoms with Gasteiger partial charge in [-0.25, -0.2) is 4.39 Å². The molecular weight excluding hydrogens is 261 g/mol. The monoisotopic (exact) mass is 281 g/mol. The average Bonchev–Trinajstić information content (AvgIpc) is 2.86. The summed E-state index contributed by atoms with van der Waals surface area (Å²) in [7, 11) is 1.52. The third kappa shape index (κ3) is 2.77. The molecule has 2 unspecified atom stereocenters. The minimum Gasteiger partial charge on any atom is -0.496 e. The van der Waals surface area contributed by atoms with Crippen LogP contribution in [-0.2, 0) is 4.79 Å². The van der Waals surface area contributed by atoms with Crippen molar-refractivity contribution < 1.29 is 19.0 Å². The molecule has 5 heteroatoms.